The fourth-order valence-corrected chi connectivity index (χ4v) is 10.9. The maximum Gasteiger partial charge on any atom is 0.296 e. The van der Waals surface area contributed by atoms with Gasteiger partial charge in [0.1, 0.15) is 0 Å². The molecule has 0 N–H and O–H groups in total. The number of aryl methyl sites for hydroxylation is 1. The monoisotopic (exact) mass is 522 g/mol. The molecule has 198 valence electrons. The van der Waals surface area contributed by atoms with Crippen molar-refractivity contribution in [2.45, 2.75) is 69.3 Å². The van der Waals surface area contributed by atoms with E-state index in [1.807, 2.05) is 13.0 Å². The summed E-state index contributed by atoms with van der Waals surface area (Å²) < 4.78 is 38.5. The van der Waals surface area contributed by atoms with Gasteiger partial charge < -0.3 is 4.74 Å². The molecule has 0 radical (unpaired) electrons. The van der Waals surface area contributed by atoms with Crippen LogP contribution in [0.1, 0.15) is 57.4 Å². The second-order valence-corrected chi connectivity index (χ2v) is 14.3. The van der Waals surface area contributed by atoms with E-state index in [0.717, 1.165) is 37.0 Å². The third-order valence-electron chi connectivity index (χ3n) is 11.4. The molecule has 9 atom stereocenters. The van der Waals surface area contributed by atoms with Crippen LogP contribution in [0.4, 0.5) is 0 Å². The Morgan fingerprint density at radius 1 is 1.08 bits per heavy atom. The van der Waals surface area contributed by atoms with Gasteiger partial charge in [-0.1, -0.05) is 42.3 Å². The van der Waals surface area contributed by atoms with Gasteiger partial charge in [0, 0.05) is 17.8 Å². The van der Waals surface area contributed by atoms with Crippen molar-refractivity contribution in [3.05, 3.63) is 53.6 Å². The van der Waals surface area contributed by atoms with Gasteiger partial charge in [-0.3, -0.25) is 8.98 Å². The van der Waals surface area contributed by atoms with E-state index in [0.29, 0.717) is 41.9 Å². The number of carbonyl (C=O) groups is 1. The Hall–Kier alpha value is -1.76. The van der Waals surface area contributed by atoms with Crippen LogP contribution in [-0.4, -0.2) is 33.0 Å². The van der Waals surface area contributed by atoms with Crippen LogP contribution in [0.2, 0.25) is 0 Å². The zero-order valence-corrected chi connectivity index (χ0v) is 22.7. The lowest BCUT2D eigenvalue weighted by atomic mass is 9.46. The van der Waals surface area contributed by atoms with Gasteiger partial charge in [-0.2, -0.15) is 8.42 Å². The molecule has 4 fully saturated rings. The third kappa shape index (κ3) is 3.40. The Bertz CT molecular complexity index is 1280. The maximum absolute atomic E-state index is 13.1. The summed E-state index contributed by atoms with van der Waals surface area (Å²) in [6.07, 6.45) is 13.7. The summed E-state index contributed by atoms with van der Waals surface area (Å²) >= 11 is 0. The predicted octanol–water partition coefficient (Wildman–Crippen LogP) is 5.64. The number of ether oxygens (including phenoxy) is 1. The lowest BCUT2D eigenvalue weighted by Gasteiger charge is -2.59. The zero-order valence-electron chi connectivity index (χ0n) is 21.9. The molecule has 1 heterocycles. The highest BCUT2D eigenvalue weighted by molar-refractivity contribution is 7.86. The molecule has 7 rings (SSSR count). The molecule has 0 bridgehead atoms. The summed E-state index contributed by atoms with van der Waals surface area (Å²) in [6.45, 7) is 5.15. The highest BCUT2D eigenvalue weighted by Gasteiger charge is 2.77. The van der Waals surface area contributed by atoms with E-state index in [9.17, 15) is 13.2 Å². The third-order valence-corrected chi connectivity index (χ3v) is 12.7. The van der Waals surface area contributed by atoms with Gasteiger partial charge in [-0.15, -0.1) is 0 Å². The predicted molar refractivity (Wildman–Crippen MR) is 140 cm³/mol. The molecule has 4 saturated carbocycles. The molecule has 6 aliphatic rings. The zero-order chi connectivity index (χ0) is 25.6. The molecule has 5 aliphatic carbocycles. The molecule has 0 aromatic heterocycles. The summed E-state index contributed by atoms with van der Waals surface area (Å²) in [7, 11) is -3.85. The second-order valence-electron chi connectivity index (χ2n) is 12.7. The van der Waals surface area contributed by atoms with Crippen molar-refractivity contribution >= 4 is 15.9 Å². The van der Waals surface area contributed by atoms with Crippen molar-refractivity contribution in [2.75, 3.05) is 13.2 Å². The lowest BCUT2D eigenvalue weighted by Crippen LogP contribution is -2.56. The fourth-order valence-electron chi connectivity index (χ4n) is 9.93. The van der Waals surface area contributed by atoms with Gasteiger partial charge >= 0.3 is 0 Å². The lowest BCUT2D eigenvalue weighted by molar-refractivity contribution is -0.146. The van der Waals surface area contributed by atoms with Gasteiger partial charge in [0.15, 0.2) is 5.78 Å². The van der Waals surface area contributed by atoms with Crippen molar-refractivity contribution in [3.63, 3.8) is 0 Å². The topological polar surface area (TPSA) is 69.7 Å². The highest BCUT2D eigenvalue weighted by atomic mass is 32.2. The van der Waals surface area contributed by atoms with Crippen LogP contribution in [0.15, 0.2) is 53.0 Å². The number of hydrogen-bond donors (Lipinski definition) is 0. The number of rotatable bonds is 5. The van der Waals surface area contributed by atoms with E-state index in [1.165, 1.54) is 19.3 Å². The fraction of sp³-hybridized carbons (Fsp3) is 0.645. The summed E-state index contributed by atoms with van der Waals surface area (Å²) in [4.78, 5) is 12.7. The summed E-state index contributed by atoms with van der Waals surface area (Å²) in [5, 5.41) is 0. The molecule has 0 amide bonds. The van der Waals surface area contributed by atoms with Crippen LogP contribution in [0.25, 0.3) is 0 Å². The number of benzene rings is 1. The van der Waals surface area contributed by atoms with Crippen LogP contribution in [-0.2, 0) is 23.8 Å². The normalized spacial score (nSPS) is 43.7. The summed E-state index contributed by atoms with van der Waals surface area (Å²) in [6, 6.07) is 6.83. The summed E-state index contributed by atoms with van der Waals surface area (Å²) in [5.41, 5.74) is 2.26. The van der Waals surface area contributed by atoms with Crippen molar-refractivity contribution in [1.82, 2.24) is 0 Å². The Labute approximate surface area is 220 Å². The van der Waals surface area contributed by atoms with E-state index in [4.69, 9.17) is 8.92 Å². The molecule has 1 spiro atoms. The van der Waals surface area contributed by atoms with E-state index < -0.39 is 10.1 Å². The molecular formula is C31H38O5S. The number of ketones is 1. The van der Waals surface area contributed by atoms with Crippen LogP contribution in [0, 0.1) is 53.8 Å². The maximum atomic E-state index is 13.1. The summed E-state index contributed by atoms with van der Waals surface area (Å²) in [5.74, 6) is 3.59. The molecule has 1 aromatic rings. The number of fused-ring (bicyclic) bond motifs is 9. The SMILES string of the molecule is CC[C@]12CCC3C(C[C@@H](COS(=O)(=O)c4ccc(C)cc4)C4=CC(=O)CC[C@@H]43)C1[C@@H]1C[C@@H]1[C@@]21C=CCO1. The molecule has 37 heavy (non-hydrogen) atoms. The average Bonchev–Trinajstić information content (AvgIpc) is 3.45. The Morgan fingerprint density at radius 3 is 2.62 bits per heavy atom. The Morgan fingerprint density at radius 2 is 1.89 bits per heavy atom. The standard InChI is InChI=1S/C31H38O5S/c1-3-30-13-11-24-23-10-7-21(32)16-25(23)20(18-36-37(33,34)22-8-5-19(2)6-9-22)15-26(24)29(30)27-17-28(27)31(30)12-4-14-35-31/h4-6,8-9,12,16,20,23-24,26-29H,3,7,10-11,13-15,17-18H2,1-2H3/t20-,23+,24?,26?,27+,28-,29?,30-,31-/m0/s1. The minimum Gasteiger partial charge on any atom is -0.366 e. The van der Waals surface area contributed by atoms with Crippen molar-refractivity contribution in [1.29, 1.82) is 0 Å². The Balaban J connectivity index is 1.21. The molecular weight excluding hydrogens is 484 g/mol. The first-order valence-corrected chi connectivity index (χ1v) is 15.7. The first kappa shape index (κ1) is 24.3. The first-order chi connectivity index (χ1) is 17.8. The van der Waals surface area contributed by atoms with Gasteiger partial charge in [0.2, 0.25) is 0 Å². The van der Waals surface area contributed by atoms with E-state index in [1.54, 1.807) is 24.3 Å². The van der Waals surface area contributed by atoms with E-state index >= 15 is 0 Å². The van der Waals surface area contributed by atoms with Crippen LogP contribution < -0.4 is 0 Å². The molecule has 1 aliphatic heterocycles. The van der Waals surface area contributed by atoms with Gasteiger partial charge in [0.25, 0.3) is 10.1 Å². The first-order valence-electron chi connectivity index (χ1n) is 14.3. The quantitative estimate of drug-likeness (QED) is 0.370. The molecule has 3 unspecified atom stereocenters. The van der Waals surface area contributed by atoms with Crippen LogP contribution in [0.5, 0.6) is 0 Å². The van der Waals surface area contributed by atoms with Gasteiger partial charge in [-0.05, 0) is 99.2 Å². The van der Waals surface area contributed by atoms with E-state index in [-0.39, 0.29) is 34.2 Å². The molecule has 1 aromatic carbocycles. The average molecular weight is 523 g/mol. The smallest absolute Gasteiger partial charge is 0.296 e. The largest absolute Gasteiger partial charge is 0.366 e. The second kappa shape index (κ2) is 8.37. The van der Waals surface area contributed by atoms with Crippen molar-refractivity contribution < 1.29 is 22.1 Å². The van der Waals surface area contributed by atoms with Gasteiger partial charge in [0.05, 0.1) is 23.7 Å². The number of hydrogen-bond acceptors (Lipinski definition) is 5. The highest BCUT2D eigenvalue weighted by Crippen LogP contribution is 2.78. The van der Waals surface area contributed by atoms with Crippen molar-refractivity contribution in [3.8, 4) is 0 Å². The van der Waals surface area contributed by atoms with Crippen LogP contribution >= 0.6 is 0 Å². The van der Waals surface area contributed by atoms with Gasteiger partial charge in [-0.25, -0.2) is 0 Å². The van der Waals surface area contributed by atoms with Crippen LogP contribution in [0.3, 0.4) is 0 Å². The Kier molecular flexibility index (Phi) is 5.49. The minimum absolute atomic E-state index is 0.0304. The molecule has 6 heteroatoms. The molecule has 0 saturated heterocycles. The molecule has 5 nitrogen and oxygen atoms in total. The number of carbonyl (C=O) groups excluding carboxylic acids is 1. The minimum atomic E-state index is -3.85. The van der Waals surface area contributed by atoms with Crippen molar-refractivity contribution in [2.24, 2.45) is 46.8 Å². The van der Waals surface area contributed by atoms with E-state index in [2.05, 4.69) is 19.1 Å².